The van der Waals surface area contributed by atoms with Gasteiger partial charge >= 0.3 is 5.97 Å². The van der Waals surface area contributed by atoms with Crippen LogP contribution in [0.1, 0.15) is 82.3 Å². The number of carboxylic acid groups (broad SMARTS) is 1. The van der Waals surface area contributed by atoms with Crippen LogP contribution >= 0.6 is 0 Å². The Kier molecular flexibility index (Phi) is 6.46. The van der Waals surface area contributed by atoms with Crippen molar-refractivity contribution in [1.82, 2.24) is 0 Å². The quantitative estimate of drug-likeness (QED) is 0.517. The van der Waals surface area contributed by atoms with E-state index in [0.717, 1.165) is 49.7 Å². The molecule has 5 heteroatoms. The second-order valence-corrected chi connectivity index (χ2v) is 8.20. The molecule has 0 spiro atoms. The summed E-state index contributed by atoms with van der Waals surface area (Å²) in [5.74, 6) is -0.144. The number of fused-ring (bicyclic) bond motifs is 3. The van der Waals surface area contributed by atoms with E-state index in [1.165, 1.54) is 0 Å². The Hall–Kier alpha value is -1.85. The molecule has 0 aromatic heterocycles. The molecule has 0 saturated heterocycles. The van der Waals surface area contributed by atoms with Crippen LogP contribution in [0.2, 0.25) is 0 Å². The van der Waals surface area contributed by atoms with Crippen molar-refractivity contribution in [1.29, 1.82) is 0 Å². The molecule has 1 aromatic carbocycles. The predicted molar refractivity (Wildman–Crippen MR) is 108 cm³/mol. The Balaban J connectivity index is 1.81. The minimum absolute atomic E-state index is 0.0776. The standard InChI is InChI=1S/C23H32O5/c1-2-3-4-9-18(24)13-12-17-8-5-10-19-21(17)23(27)16-7-15-22(23,28-19)14-6-11-20(25)26/h5,8,10,12-13,18,24,27H,2-4,6-7,9,11,14-16H2,1H3,(H,25,26). The van der Waals surface area contributed by atoms with Gasteiger partial charge in [0.15, 0.2) is 0 Å². The molecular weight excluding hydrogens is 356 g/mol. The van der Waals surface area contributed by atoms with Gasteiger partial charge in [0.05, 0.1) is 6.10 Å². The lowest BCUT2D eigenvalue weighted by Gasteiger charge is -2.35. The second-order valence-electron chi connectivity index (χ2n) is 8.20. The Morgan fingerprint density at radius 3 is 2.86 bits per heavy atom. The maximum atomic E-state index is 11.6. The number of benzene rings is 1. The van der Waals surface area contributed by atoms with E-state index in [0.29, 0.717) is 25.0 Å². The van der Waals surface area contributed by atoms with Crippen molar-refractivity contribution in [2.45, 2.75) is 88.4 Å². The first-order chi connectivity index (χ1) is 13.4. The van der Waals surface area contributed by atoms with Crippen LogP contribution in [-0.2, 0) is 10.4 Å². The molecule has 1 aliphatic heterocycles. The van der Waals surface area contributed by atoms with Crippen molar-refractivity contribution >= 4 is 12.0 Å². The van der Waals surface area contributed by atoms with Crippen LogP contribution < -0.4 is 4.74 Å². The summed E-state index contributed by atoms with van der Waals surface area (Å²) in [6.45, 7) is 2.14. The van der Waals surface area contributed by atoms with Crippen LogP contribution in [0, 0.1) is 0 Å². The number of aliphatic hydroxyl groups excluding tert-OH is 1. The molecule has 0 bridgehead atoms. The summed E-state index contributed by atoms with van der Waals surface area (Å²) >= 11 is 0. The number of carboxylic acids is 1. The van der Waals surface area contributed by atoms with Crippen LogP contribution in [0.25, 0.3) is 6.08 Å². The van der Waals surface area contributed by atoms with Crippen molar-refractivity contribution in [3.63, 3.8) is 0 Å². The first-order valence-corrected chi connectivity index (χ1v) is 10.5. The van der Waals surface area contributed by atoms with E-state index in [1.807, 2.05) is 24.3 Å². The molecule has 5 nitrogen and oxygen atoms in total. The smallest absolute Gasteiger partial charge is 0.303 e. The summed E-state index contributed by atoms with van der Waals surface area (Å²) in [6, 6.07) is 5.72. The van der Waals surface area contributed by atoms with Crippen LogP contribution in [0.15, 0.2) is 24.3 Å². The van der Waals surface area contributed by atoms with Gasteiger partial charge in [-0.2, -0.15) is 0 Å². The van der Waals surface area contributed by atoms with Gasteiger partial charge in [0.2, 0.25) is 0 Å². The molecule has 1 aliphatic carbocycles. The highest BCUT2D eigenvalue weighted by Gasteiger charge is 2.62. The fourth-order valence-corrected chi connectivity index (χ4v) is 4.80. The zero-order valence-electron chi connectivity index (χ0n) is 16.7. The molecule has 2 aliphatic rings. The minimum Gasteiger partial charge on any atom is -0.483 e. The molecule has 0 amide bonds. The number of unbranched alkanes of at least 4 members (excludes halogenated alkanes) is 2. The zero-order valence-corrected chi connectivity index (χ0v) is 16.7. The zero-order chi connectivity index (χ0) is 20.2. The monoisotopic (exact) mass is 388 g/mol. The maximum Gasteiger partial charge on any atom is 0.303 e. The molecule has 3 N–H and O–H groups in total. The normalized spacial score (nSPS) is 26.8. The number of hydrogen-bond donors (Lipinski definition) is 3. The third-order valence-electron chi connectivity index (χ3n) is 6.22. The summed E-state index contributed by atoms with van der Waals surface area (Å²) in [4.78, 5) is 10.9. The first-order valence-electron chi connectivity index (χ1n) is 10.5. The Bertz CT molecular complexity index is 728. The molecule has 1 fully saturated rings. The van der Waals surface area contributed by atoms with E-state index in [-0.39, 0.29) is 6.42 Å². The average molecular weight is 389 g/mol. The van der Waals surface area contributed by atoms with Gasteiger partial charge in [-0.25, -0.2) is 0 Å². The molecule has 0 radical (unpaired) electrons. The van der Waals surface area contributed by atoms with Gasteiger partial charge < -0.3 is 20.1 Å². The van der Waals surface area contributed by atoms with Gasteiger partial charge in [-0.15, -0.1) is 0 Å². The first kappa shape index (κ1) is 20.9. The highest BCUT2D eigenvalue weighted by Crippen LogP contribution is 2.59. The Morgan fingerprint density at radius 2 is 2.11 bits per heavy atom. The van der Waals surface area contributed by atoms with E-state index >= 15 is 0 Å². The van der Waals surface area contributed by atoms with Crippen molar-refractivity contribution in [3.8, 4) is 5.75 Å². The van der Waals surface area contributed by atoms with Crippen molar-refractivity contribution < 1.29 is 24.9 Å². The number of hydrogen-bond acceptors (Lipinski definition) is 4. The minimum atomic E-state index is -1.10. The third-order valence-corrected chi connectivity index (χ3v) is 6.22. The summed E-state index contributed by atoms with van der Waals surface area (Å²) in [5, 5.41) is 30.8. The molecule has 3 rings (SSSR count). The molecule has 1 saturated carbocycles. The van der Waals surface area contributed by atoms with Crippen molar-refractivity contribution in [3.05, 3.63) is 35.4 Å². The number of ether oxygens (including phenoxy) is 1. The molecule has 3 atom stereocenters. The number of rotatable bonds is 10. The van der Waals surface area contributed by atoms with Gasteiger partial charge in [-0.3, -0.25) is 4.79 Å². The van der Waals surface area contributed by atoms with Crippen LogP contribution in [0.4, 0.5) is 0 Å². The Morgan fingerprint density at radius 1 is 1.29 bits per heavy atom. The van der Waals surface area contributed by atoms with E-state index in [1.54, 1.807) is 6.08 Å². The fourth-order valence-electron chi connectivity index (χ4n) is 4.80. The molecule has 1 aromatic rings. The molecule has 3 unspecified atom stereocenters. The number of aliphatic carboxylic acids is 1. The lowest BCUT2D eigenvalue weighted by molar-refractivity contribution is -0.138. The van der Waals surface area contributed by atoms with E-state index in [9.17, 15) is 15.0 Å². The van der Waals surface area contributed by atoms with E-state index < -0.39 is 23.3 Å². The van der Waals surface area contributed by atoms with Gasteiger partial charge in [-0.1, -0.05) is 50.5 Å². The van der Waals surface area contributed by atoms with E-state index in [4.69, 9.17) is 9.84 Å². The summed E-state index contributed by atoms with van der Waals surface area (Å²) in [6.07, 6.45) is 10.4. The number of carbonyl (C=O) groups is 1. The van der Waals surface area contributed by atoms with E-state index in [2.05, 4.69) is 6.92 Å². The van der Waals surface area contributed by atoms with Gasteiger partial charge in [0.25, 0.3) is 0 Å². The largest absolute Gasteiger partial charge is 0.483 e. The molecular formula is C23H32O5. The summed E-state index contributed by atoms with van der Waals surface area (Å²) < 4.78 is 6.29. The highest BCUT2D eigenvalue weighted by molar-refractivity contribution is 5.66. The number of aliphatic hydroxyl groups is 2. The summed E-state index contributed by atoms with van der Waals surface area (Å²) in [5.41, 5.74) is -0.181. The lowest BCUT2D eigenvalue weighted by Crippen LogP contribution is -2.47. The Labute approximate surface area is 167 Å². The van der Waals surface area contributed by atoms with Crippen LogP contribution in [0.5, 0.6) is 5.75 Å². The highest BCUT2D eigenvalue weighted by atomic mass is 16.5. The average Bonchev–Trinajstić information content (AvgIpc) is 3.08. The third kappa shape index (κ3) is 3.96. The fraction of sp³-hybridized carbons (Fsp3) is 0.609. The summed E-state index contributed by atoms with van der Waals surface area (Å²) in [7, 11) is 0. The van der Waals surface area contributed by atoms with Crippen molar-refractivity contribution in [2.75, 3.05) is 0 Å². The molecule has 154 valence electrons. The molecule has 28 heavy (non-hydrogen) atoms. The maximum absolute atomic E-state index is 11.6. The topological polar surface area (TPSA) is 87.0 Å². The predicted octanol–water partition coefficient (Wildman–Crippen LogP) is 4.40. The van der Waals surface area contributed by atoms with Crippen molar-refractivity contribution in [2.24, 2.45) is 0 Å². The van der Waals surface area contributed by atoms with Crippen LogP contribution in [-0.4, -0.2) is 33.0 Å². The lowest BCUT2D eigenvalue weighted by atomic mass is 9.77. The second kappa shape index (κ2) is 8.66. The van der Waals surface area contributed by atoms with Gasteiger partial charge in [0, 0.05) is 12.0 Å². The SMILES string of the molecule is CCCCCC(O)C=Cc1cccc2c1C1(O)CCCC1(CCCC(=O)O)O2. The molecule has 1 heterocycles. The van der Waals surface area contributed by atoms with Crippen LogP contribution in [0.3, 0.4) is 0 Å². The van der Waals surface area contributed by atoms with Gasteiger partial charge in [-0.05, 0) is 50.2 Å². The van der Waals surface area contributed by atoms with Gasteiger partial charge in [0.1, 0.15) is 17.0 Å².